The second kappa shape index (κ2) is 7.63. The molecule has 0 N–H and O–H groups in total. The van der Waals surface area contributed by atoms with Crippen LogP contribution in [0.5, 0.6) is 0 Å². The standard InChI is InChI=1S/C20H18N2O3/c1-21-17-9-7-16(8-10-17)19-13-18(23)11-12-22(19)20(24)25-14-15-5-3-2-4-6-15/h2-10,19H,11-14H2. The predicted octanol–water partition coefficient (Wildman–Crippen LogP) is 4.28. The Morgan fingerprint density at radius 2 is 1.88 bits per heavy atom. The van der Waals surface area contributed by atoms with Crippen LogP contribution in [0, 0.1) is 6.57 Å². The van der Waals surface area contributed by atoms with E-state index in [1.54, 1.807) is 29.2 Å². The first-order valence-electron chi connectivity index (χ1n) is 8.14. The summed E-state index contributed by atoms with van der Waals surface area (Å²) in [4.78, 5) is 29.4. The summed E-state index contributed by atoms with van der Waals surface area (Å²) in [6, 6.07) is 16.1. The molecule has 1 aliphatic rings. The number of hydrogen-bond acceptors (Lipinski definition) is 3. The van der Waals surface area contributed by atoms with E-state index < -0.39 is 6.09 Å². The zero-order chi connectivity index (χ0) is 17.6. The van der Waals surface area contributed by atoms with Crippen molar-refractivity contribution in [3.63, 3.8) is 0 Å². The maximum absolute atomic E-state index is 12.5. The molecular formula is C20H18N2O3. The lowest BCUT2D eigenvalue weighted by Crippen LogP contribution is -2.41. The number of benzene rings is 2. The lowest BCUT2D eigenvalue weighted by Gasteiger charge is -2.34. The van der Waals surface area contributed by atoms with E-state index in [2.05, 4.69) is 4.85 Å². The van der Waals surface area contributed by atoms with Crippen LogP contribution in [0.2, 0.25) is 0 Å². The van der Waals surface area contributed by atoms with Gasteiger partial charge in [0, 0.05) is 19.4 Å². The summed E-state index contributed by atoms with van der Waals surface area (Å²) in [5.41, 5.74) is 2.29. The monoisotopic (exact) mass is 334 g/mol. The van der Waals surface area contributed by atoms with Crippen molar-refractivity contribution in [3.05, 3.63) is 77.1 Å². The van der Waals surface area contributed by atoms with Gasteiger partial charge in [0.2, 0.25) is 0 Å². The van der Waals surface area contributed by atoms with Gasteiger partial charge in [0.05, 0.1) is 12.6 Å². The first-order chi connectivity index (χ1) is 12.2. The molecule has 5 heteroatoms. The van der Waals surface area contributed by atoms with Crippen LogP contribution in [-0.4, -0.2) is 23.3 Å². The highest BCUT2D eigenvalue weighted by Crippen LogP contribution is 2.31. The molecule has 3 rings (SSSR count). The molecule has 1 unspecified atom stereocenters. The van der Waals surface area contributed by atoms with Gasteiger partial charge in [-0.25, -0.2) is 9.64 Å². The highest BCUT2D eigenvalue weighted by molar-refractivity contribution is 5.82. The van der Waals surface area contributed by atoms with Gasteiger partial charge in [-0.15, -0.1) is 0 Å². The molecule has 5 nitrogen and oxygen atoms in total. The molecule has 2 aromatic carbocycles. The van der Waals surface area contributed by atoms with Gasteiger partial charge in [0.1, 0.15) is 12.4 Å². The molecule has 1 aliphatic heterocycles. The number of piperidine rings is 1. The Bertz CT molecular complexity index is 794. The van der Waals surface area contributed by atoms with E-state index in [0.717, 1.165) is 11.1 Å². The summed E-state index contributed by atoms with van der Waals surface area (Å²) in [6.45, 7) is 7.57. The van der Waals surface area contributed by atoms with Crippen molar-refractivity contribution in [2.75, 3.05) is 6.54 Å². The Balaban J connectivity index is 1.73. The lowest BCUT2D eigenvalue weighted by molar-refractivity contribution is -0.122. The van der Waals surface area contributed by atoms with Crippen LogP contribution in [0.15, 0.2) is 54.6 Å². The second-order valence-electron chi connectivity index (χ2n) is 5.95. The number of likely N-dealkylation sites (tertiary alicyclic amines) is 1. The minimum atomic E-state index is -0.421. The Morgan fingerprint density at radius 1 is 1.16 bits per heavy atom. The van der Waals surface area contributed by atoms with Crippen LogP contribution in [0.4, 0.5) is 10.5 Å². The molecule has 25 heavy (non-hydrogen) atoms. The van der Waals surface area contributed by atoms with Crippen molar-refractivity contribution in [2.24, 2.45) is 0 Å². The largest absolute Gasteiger partial charge is 0.445 e. The molecule has 0 aromatic heterocycles. The van der Waals surface area contributed by atoms with Crippen LogP contribution in [0.1, 0.15) is 30.0 Å². The molecule has 1 fully saturated rings. The third-order valence-electron chi connectivity index (χ3n) is 4.28. The number of ketones is 1. The zero-order valence-electron chi connectivity index (χ0n) is 13.7. The summed E-state index contributed by atoms with van der Waals surface area (Å²) < 4.78 is 5.43. The fraction of sp³-hybridized carbons (Fsp3) is 0.250. The minimum Gasteiger partial charge on any atom is -0.445 e. The van der Waals surface area contributed by atoms with Gasteiger partial charge in [-0.1, -0.05) is 54.6 Å². The molecule has 0 radical (unpaired) electrons. The normalized spacial score (nSPS) is 17.0. The molecule has 1 saturated heterocycles. The molecule has 126 valence electrons. The molecule has 1 atom stereocenters. The molecule has 1 amide bonds. The summed E-state index contributed by atoms with van der Waals surface area (Å²) in [5, 5.41) is 0. The maximum Gasteiger partial charge on any atom is 0.410 e. The van der Waals surface area contributed by atoms with E-state index in [9.17, 15) is 9.59 Å². The van der Waals surface area contributed by atoms with Crippen molar-refractivity contribution >= 4 is 17.6 Å². The first kappa shape index (κ1) is 16.7. The van der Waals surface area contributed by atoms with Gasteiger partial charge >= 0.3 is 6.09 Å². The minimum absolute atomic E-state index is 0.131. The van der Waals surface area contributed by atoms with E-state index >= 15 is 0 Å². The number of ether oxygens (including phenoxy) is 1. The van der Waals surface area contributed by atoms with Crippen molar-refractivity contribution < 1.29 is 14.3 Å². The average Bonchev–Trinajstić information content (AvgIpc) is 2.67. The quantitative estimate of drug-likeness (QED) is 0.787. The summed E-state index contributed by atoms with van der Waals surface area (Å²) >= 11 is 0. The van der Waals surface area contributed by atoms with Gasteiger partial charge in [0.15, 0.2) is 5.69 Å². The number of Topliss-reactive ketones (excluding diaryl/α,β-unsaturated/α-hetero) is 1. The van der Waals surface area contributed by atoms with Crippen molar-refractivity contribution in [1.29, 1.82) is 0 Å². The third kappa shape index (κ3) is 4.04. The van der Waals surface area contributed by atoms with E-state index in [1.165, 1.54) is 0 Å². The molecule has 0 bridgehead atoms. The molecule has 1 heterocycles. The Labute approximate surface area is 146 Å². The number of hydrogen-bond donors (Lipinski definition) is 0. The molecule has 2 aromatic rings. The van der Waals surface area contributed by atoms with Gasteiger partial charge < -0.3 is 9.64 Å². The number of carbonyl (C=O) groups excluding carboxylic acids is 2. The predicted molar refractivity (Wildman–Crippen MR) is 93.0 cm³/mol. The number of carbonyl (C=O) groups is 2. The molecule has 0 aliphatic carbocycles. The Kier molecular flexibility index (Phi) is 5.10. The summed E-state index contributed by atoms with van der Waals surface area (Å²) in [7, 11) is 0. The van der Waals surface area contributed by atoms with Crippen LogP contribution in [0.3, 0.4) is 0 Å². The average molecular weight is 334 g/mol. The molecule has 0 spiro atoms. The molecule has 0 saturated carbocycles. The zero-order valence-corrected chi connectivity index (χ0v) is 13.7. The fourth-order valence-electron chi connectivity index (χ4n) is 2.92. The highest BCUT2D eigenvalue weighted by atomic mass is 16.6. The summed E-state index contributed by atoms with van der Waals surface area (Å²) in [6.07, 6.45) is 0.199. The number of amides is 1. The fourth-order valence-corrected chi connectivity index (χ4v) is 2.92. The first-order valence-corrected chi connectivity index (χ1v) is 8.14. The SMILES string of the molecule is [C-]#[N+]c1ccc(C2CC(=O)CCN2C(=O)OCc2ccccc2)cc1. The Morgan fingerprint density at radius 3 is 2.56 bits per heavy atom. The van der Waals surface area contributed by atoms with Crippen molar-refractivity contribution in [1.82, 2.24) is 4.90 Å². The Hall–Kier alpha value is -3.13. The van der Waals surface area contributed by atoms with E-state index in [-0.39, 0.29) is 24.9 Å². The smallest absolute Gasteiger partial charge is 0.410 e. The van der Waals surface area contributed by atoms with E-state index in [1.807, 2.05) is 30.3 Å². The van der Waals surface area contributed by atoms with Crippen molar-refractivity contribution in [2.45, 2.75) is 25.5 Å². The van der Waals surface area contributed by atoms with E-state index in [4.69, 9.17) is 11.3 Å². The van der Waals surface area contributed by atoms with Gasteiger partial charge in [-0.05, 0) is 11.1 Å². The van der Waals surface area contributed by atoms with Crippen LogP contribution in [-0.2, 0) is 16.1 Å². The van der Waals surface area contributed by atoms with Crippen LogP contribution in [0.25, 0.3) is 4.85 Å². The van der Waals surface area contributed by atoms with Crippen molar-refractivity contribution in [3.8, 4) is 0 Å². The lowest BCUT2D eigenvalue weighted by atomic mass is 9.94. The maximum atomic E-state index is 12.5. The van der Waals surface area contributed by atoms with Gasteiger partial charge in [-0.2, -0.15) is 0 Å². The third-order valence-corrected chi connectivity index (χ3v) is 4.28. The topological polar surface area (TPSA) is 51.0 Å². The van der Waals surface area contributed by atoms with Gasteiger partial charge in [0.25, 0.3) is 0 Å². The highest BCUT2D eigenvalue weighted by Gasteiger charge is 2.32. The van der Waals surface area contributed by atoms with Crippen LogP contribution >= 0.6 is 0 Å². The second-order valence-corrected chi connectivity index (χ2v) is 5.95. The molecular weight excluding hydrogens is 316 g/mol. The van der Waals surface area contributed by atoms with Crippen LogP contribution < -0.4 is 0 Å². The van der Waals surface area contributed by atoms with E-state index in [0.29, 0.717) is 18.7 Å². The van der Waals surface area contributed by atoms with Gasteiger partial charge in [-0.3, -0.25) is 4.79 Å². The number of nitrogens with zero attached hydrogens (tertiary/aromatic N) is 2. The number of rotatable bonds is 3. The summed E-state index contributed by atoms with van der Waals surface area (Å²) in [5.74, 6) is 0.131.